The maximum absolute atomic E-state index is 13.3. The van der Waals surface area contributed by atoms with Crippen LogP contribution < -0.4 is 20.1 Å². The Morgan fingerprint density at radius 1 is 1.00 bits per heavy atom. The number of aliphatic hydroxyl groups excluding tert-OH is 6. The number of esters is 1. The van der Waals surface area contributed by atoms with Gasteiger partial charge in [-0.1, -0.05) is 29.8 Å². The molecule has 2 fully saturated rings. The predicted octanol–water partition coefficient (Wildman–Crippen LogP) is 1.03. The van der Waals surface area contributed by atoms with Gasteiger partial charge >= 0.3 is 5.97 Å². The molecule has 0 bridgehead atoms. The number of benzene rings is 2. The van der Waals surface area contributed by atoms with E-state index >= 15 is 0 Å². The Morgan fingerprint density at radius 2 is 1.73 bits per heavy atom. The number of pyridine rings is 1. The highest BCUT2D eigenvalue weighted by molar-refractivity contribution is 7.89. The van der Waals surface area contributed by atoms with E-state index in [1.165, 1.54) is 18.2 Å². The minimum atomic E-state index is -3.96. The van der Waals surface area contributed by atoms with Crippen LogP contribution in [0.1, 0.15) is 56.1 Å². The van der Waals surface area contributed by atoms with Gasteiger partial charge in [0.15, 0.2) is 6.35 Å². The summed E-state index contributed by atoms with van der Waals surface area (Å²) in [4.78, 5) is 16.8. The third-order valence-electron chi connectivity index (χ3n) is 9.74. The number of hydrogen-bond donors (Lipinski definition) is 9. The molecule has 2 saturated carbocycles. The van der Waals surface area contributed by atoms with Crippen LogP contribution in [0.2, 0.25) is 5.02 Å². The van der Waals surface area contributed by atoms with Crippen molar-refractivity contribution in [3.05, 3.63) is 77.1 Å². The number of hydrogen-bond acceptors (Lipinski definition) is 15. The molecule has 0 spiro atoms. The van der Waals surface area contributed by atoms with Gasteiger partial charge in [0.25, 0.3) is 0 Å². The van der Waals surface area contributed by atoms with Crippen LogP contribution >= 0.6 is 11.6 Å². The molecule has 16 nitrogen and oxygen atoms in total. The maximum Gasteiger partial charge on any atom is 0.322 e. The van der Waals surface area contributed by atoms with E-state index < -0.39 is 71.6 Å². The molecular formula is C38H51ClN4O12S. The minimum absolute atomic E-state index is 0.00700. The Bertz CT molecular complexity index is 1870. The standard InChI is InChI=1S/C38H51ClN4O12S/c1-53-36(49)30(43-37(50)41-20-31(45)34(47)35(48)32(46)21-44)7-4-5-16-42-56(51,52)25-11-12-29(39)23(18-25)22-54-38(14-15-38)28-19-40-17-13-26(28)27-6-2-3-8-33(27)55-24-9-10-24/h2-3,6,8,11-13,17-19,24,30-32,34-35,37,41-48,50H,4-5,7,9-10,14-16,20-22H2,1H3/t30-,31-,32+,34+,35+,37?/m0/s1. The van der Waals surface area contributed by atoms with E-state index in [4.69, 9.17) is 30.9 Å². The number of para-hydroxylation sites is 1. The normalized spacial score (nSPS) is 18.4. The van der Waals surface area contributed by atoms with Crippen LogP contribution in [0, 0.1) is 0 Å². The van der Waals surface area contributed by atoms with Gasteiger partial charge in [0, 0.05) is 41.6 Å². The molecule has 6 atom stereocenters. The largest absolute Gasteiger partial charge is 0.490 e. The quantitative estimate of drug-likeness (QED) is 0.0348. The van der Waals surface area contributed by atoms with Gasteiger partial charge in [-0.25, -0.2) is 13.1 Å². The van der Waals surface area contributed by atoms with Crippen LogP contribution in [-0.4, -0.2) is 120 Å². The maximum atomic E-state index is 13.3. The Morgan fingerprint density at radius 3 is 2.43 bits per heavy atom. The van der Waals surface area contributed by atoms with Crippen LogP contribution in [-0.2, 0) is 36.5 Å². The van der Waals surface area contributed by atoms with Gasteiger partial charge in [-0.2, -0.15) is 0 Å². The second-order valence-electron chi connectivity index (χ2n) is 14.0. The van der Waals surface area contributed by atoms with Crippen LogP contribution in [0.5, 0.6) is 5.75 Å². The second kappa shape index (κ2) is 19.9. The monoisotopic (exact) mass is 822 g/mol. The SMILES string of the molecule is COC(=O)[C@H](CCCCNS(=O)(=O)c1ccc(Cl)c(COC2(c3cnccc3-c3ccccc3OC3CC3)CC2)c1)NC(O)NC[C@H](O)[C@@H](O)[C@H](O)[C@H](O)CO. The van der Waals surface area contributed by atoms with Crippen molar-refractivity contribution in [1.29, 1.82) is 0 Å². The van der Waals surface area contributed by atoms with Crippen LogP contribution in [0.3, 0.4) is 0 Å². The summed E-state index contributed by atoms with van der Waals surface area (Å²) in [7, 11) is -2.79. The number of methoxy groups -OCH3 is 1. The molecule has 0 radical (unpaired) electrons. The first-order valence-electron chi connectivity index (χ1n) is 18.5. The third kappa shape index (κ3) is 11.6. The fourth-order valence-electron chi connectivity index (χ4n) is 6.14. The lowest BCUT2D eigenvalue weighted by molar-refractivity contribution is -0.144. The molecule has 3 aromatic rings. The average Bonchev–Trinajstić information content (AvgIpc) is 4.15. The smallest absolute Gasteiger partial charge is 0.322 e. The molecule has 18 heteroatoms. The lowest BCUT2D eigenvalue weighted by Crippen LogP contribution is -2.55. The number of rotatable bonds is 24. The van der Waals surface area contributed by atoms with Gasteiger partial charge in [0.05, 0.1) is 43.0 Å². The first-order valence-corrected chi connectivity index (χ1v) is 20.4. The molecule has 2 aromatic carbocycles. The Hall–Kier alpha value is -3.30. The number of aliphatic hydroxyl groups is 6. The summed E-state index contributed by atoms with van der Waals surface area (Å²) in [6, 6.07) is 13.3. The van der Waals surface area contributed by atoms with Gasteiger partial charge in [0.2, 0.25) is 10.0 Å². The van der Waals surface area contributed by atoms with Crippen molar-refractivity contribution in [3.8, 4) is 16.9 Å². The number of nitrogens with one attached hydrogen (secondary N) is 3. The van der Waals surface area contributed by atoms with Gasteiger partial charge in [-0.15, -0.1) is 0 Å². The Labute approximate surface area is 330 Å². The van der Waals surface area contributed by atoms with Crippen LogP contribution in [0.25, 0.3) is 11.1 Å². The molecule has 9 N–H and O–H groups in total. The zero-order valence-electron chi connectivity index (χ0n) is 31.0. The number of sulfonamides is 1. The van der Waals surface area contributed by atoms with Gasteiger partial charge in [-0.3, -0.25) is 20.4 Å². The highest BCUT2D eigenvalue weighted by atomic mass is 35.5. The molecule has 2 aliphatic carbocycles. The summed E-state index contributed by atoms with van der Waals surface area (Å²) >= 11 is 6.53. The number of halogens is 1. The van der Waals surface area contributed by atoms with Crippen molar-refractivity contribution < 1.29 is 58.1 Å². The summed E-state index contributed by atoms with van der Waals surface area (Å²) in [6.45, 7) is -1.20. The molecular weight excluding hydrogens is 772 g/mol. The molecule has 1 aromatic heterocycles. The van der Waals surface area contributed by atoms with E-state index in [1.807, 2.05) is 36.5 Å². The van der Waals surface area contributed by atoms with Crippen LogP contribution in [0.15, 0.2) is 65.8 Å². The average molecular weight is 823 g/mol. The van der Waals surface area contributed by atoms with Gasteiger partial charge < -0.3 is 44.8 Å². The van der Waals surface area contributed by atoms with Crippen molar-refractivity contribution in [3.63, 3.8) is 0 Å². The molecule has 2 aliphatic rings. The van der Waals surface area contributed by atoms with Crippen LogP contribution in [0.4, 0.5) is 0 Å². The van der Waals surface area contributed by atoms with Crippen molar-refractivity contribution in [2.24, 2.45) is 0 Å². The fourth-order valence-corrected chi connectivity index (χ4v) is 7.44. The topological polar surface area (TPSA) is 249 Å². The summed E-state index contributed by atoms with van der Waals surface area (Å²) in [5.41, 5.74) is 2.74. The van der Waals surface area contributed by atoms with Crippen molar-refractivity contribution in [2.45, 2.75) is 105 Å². The minimum Gasteiger partial charge on any atom is -0.490 e. The van der Waals surface area contributed by atoms with E-state index in [-0.39, 0.29) is 30.6 Å². The Kier molecular flexibility index (Phi) is 15.6. The van der Waals surface area contributed by atoms with E-state index in [2.05, 4.69) is 20.3 Å². The van der Waals surface area contributed by atoms with E-state index in [0.29, 0.717) is 23.4 Å². The predicted molar refractivity (Wildman–Crippen MR) is 204 cm³/mol. The van der Waals surface area contributed by atoms with Crippen molar-refractivity contribution >= 4 is 27.6 Å². The molecule has 5 rings (SSSR count). The first-order chi connectivity index (χ1) is 26.8. The van der Waals surface area contributed by atoms with Gasteiger partial charge in [0.1, 0.15) is 30.1 Å². The highest BCUT2D eigenvalue weighted by Gasteiger charge is 2.48. The second-order valence-corrected chi connectivity index (χ2v) is 16.2. The molecule has 308 valence electrons. The molecule has 1 heterocycles. The number of carbonyl (C=O) groups excluding carboxylic acids is 1. The molecule has 1 unspecified atom stereocenters. The van der Waals surface area contributed by atoms with E-state index in [1.54, 1.807) is 6.20 Å². The third-order valence-corrected chi connectivity index (χ3v) is 11.6. The number of ether oxygens (including phenoxy) is 3. The number of unbranched alkanes of at least 4 members (excludes halogenated alkanes) is 1. The lowest BCUT2D eigenvalue weighted by Gasteiger charge is -2.27. The van der Waals surface area contributed by atoms with Crippen molar-refractivity contribution in [2.75, 3.05) is 26.8 Å². The number of carbonyl (C=O) groups is 1. The highest BCUT2D eigenvalue weighted by Crippen LogP contribution is 2.53. The van der Waals surface area contributed by atoms with E-state index in [0.717, 1.165) is 55.2 Å². The van der Waals surface area contributed by atoms with Crippen molar-refractivity contribution in [1.82, 2.24) is 20.3 Å². The summed E-state index contributed by atoms with van der Waals surface area (Å²) in [5, 5.41) is 63.8. The summed E-state index contributed by atoms with van der Waals surface area (Å²) < 4.78 is 46.7. The van der Waals surface area contributed by atoms with E-state index in [9.17, 15) is 38.7 Å². The Balaban J connectivity index is 1.12. The fraction of sp³-hybridized carbons (Fsp3) is 0.526. The van der Waals surface area contributed by atoms with Gasteiger partial charge in [-0.05, 0) is 86.4 Å². The molecule has 56 heavy (non-hydrogen) atoms. The number of nitrogens with zero attached hydrogens (tertiary/aromatic N) is 1. The summed E-state index contributed by atoms with van der Waals surface area (Å²) in [6.07, 6.45) is -0.409. The summed E-state index contributed by atoms with van der Waals surface area (Å²) in [5.74, 6) is 0.107. The first kappa shape index (κ1) is 43.8. The zero-order chi connectivity index (χ0) is 40.5. The lowest BCUT2D eigenvalue weighted by atomic mass is 9.96. The zero-order valence-corrected chi connectivity index (χ0v) is 32.5. The molecule has 0 saturated heterocycles. The molecule has 0 amide bonds. The number of aromatic nitrogens is 1. The molecule has 0 aliphatic heterocycles.